The first-order chi connectivity index (χ1) is 20.5. The van der Waals surface area contributed by atoms with Crippen LogP contribution in [0.5, 0.6) is 0 Å². The smallest absolute Gasteiger partial charge is 0.326 e. The first kappa shape index (κ1) is 38.1. The number of carboxylic acids is 3. The molecule has 0 aliphatic carbocycles. The molecule has 9 N–H and O–H groups in total. The number of nitrogens with two attached hydrogens (primary N) is 1. The number of aliphatic carboxylic acids is 3. The van der Waals surface area contributed by atoms with Gasteiger partial charge in [0.2, 0.25) is 29.5 Å². The molecule has 1 rings (SSSR count). The first-order valence-electron chi connectivity index (χ1n) is 14.1. The molecule has 5 amide bonds. The lowest BCUT2D eigenvalue weighted by atomic mass is 9.97. The van der Waals surface area contributed by atoms with Crippen LogP contribution in [0.4, 0.5) is 0 Å². The van der Waals surface area contributed by atoms with Crippen LogP contribution in [0, 0.1) is 5.92 Å². The molecule has 0 bridgehead atoms. The maximum atomic E-state index is 13.1. The number of nitrogens with one attached hydrogen (secondary N) is 4. The summed E-state index contributed by atoms with van der Waals surface area (Å²) in [5.74, 6) is -8.64. The number of nitrogens with zero attached hydrogens (tertiary/aromatic N) is 1. The van der Waals surface area contributed by atoms with Crippen LogP contribution in [-0.4, -0.2) is 116 Å². The zero-order valence-corrected chi connectivity index (χ0v) is 25.7. The molecule has 1 fully saturated rings. The Kier molecular flexibility index (Phi) is 15.6. The van der Waals surface area contributed by atoms with E-state index in [1.165, 1.54) is 6.92 Å². The molecule has 17 nitrogen and oxygen atoms in total. The lowest BCUT2D eigenvalue weighted by Gasteiger charge is -2.28. The molecule has 7 atom stereocenters. The molecular weight excluding hydrogens is 604 g/mol. The molecule has 248 valence electrons. The van der Waals surface area contributed by atoms with E-state index in [2.05, 4.69) is 33.9 Å². The molecule has 0 aromatic heterocycles. The second kappa shape index (κ2) is 18.0. The van der Waals surface area contributed by atoms with Crippen LogP contribution >= 0.6 is 12.6 Å². The molecular formula is C26H42N6O11S. The van der Waals surface area contributed by atoms with Gasteiger partial charge >= 0.3 is 17.9 Å². The van der Waals surface area contributed by atoms with E-state index in [0.717, 1.165) is 4.90 Å². The van der Waals surface area contributed by atoms with Gasteiger partial charge in [0.25, 0.3) is 0 Å². The number of hydrogen-bond acceptors (Lipinski definition) is 10. The average Bonchev–Trinajstić information content (AvgIpc) is 3.46. The van der Waals surface area contributed by atoms with Crippen LogP contribution in [-0.2, 0) is 38.4 Å². The van der Waals surface area contributed by atoms with Gasteiger partial charge in [-0.3, -0.25) is 33.6 Å². The van der Waals surface area contributed by atoms with E-state index in [4.69, 9.17) is 10.8 Å². The van der Waals surface area contributed by atoms with Gasteiger partial charge in [0.15, 0.2) is 0 Å². The summed E-state index contributed by atoms with van der Waals surface area (Å²) in [4.78, 5) is 99.0. The predicted octanol–water partition coefficient (Wildman–Crippen LogP) is -2.34. The molecule has 0 radical (unpaired) electrons. The summed E-state index contributed by atoms with van der Waals surface area (Å²) in [6.07, 6.45) is -0.329. The van der Waals surface area contributed by atoms with Gasteiger partial charge in [0.1, 0.15) is 30.2 Å². The zero-order chi connectivity index (χ0) is 33.7. The van der Waals surface area contributed by atoms with Crippen LogP contribution < -0.4 is 27.0 Å². The van der Waals surface area contributed by atoms with Crippen molar-refractivity contribution in [2.45, 2.75) is 95.5 Å². The van der Waals surface area contributed by atoms with Crippen molar-refractivity contribution in [3.8, 4) is 0 Å². The summed E-state index contributed by atoms with van der Waals surface area (Å²) < 4.78 is 0. The van der Waals surface area contributed by atoms with Crippen LogP contribution in [0.2, 0.25) is 0 Å². The molecule has 1 saturated heterocycles. The molecule has 18 heteroatoms. The van der Waals surface area contributed by atoms with Crippen molar-refractivity contribution in [2.24, 2.45) is 11.7 Å². The lowest BCUT2D eigenvalue weighted by molar-refractivity contribution is -0.150. The topological polar surface area (TPSA) is 275 Å². The number of carboxylic acid groups (broad SMARTS) is 3. The fourth-order valence-electron chi connectivity index (χ4n) is 4.37. The Labute approximate surface area is 259 Å². The SMILES string of the molecule is CC[C@H](C)[C@H](NC(=O)[C@@H](N)CCC(=O)O)C(=O)N[C@@H](CS)C(=O)N[C@@H](C)C(=O)N[C@@H](CC(=O)O)C(=O)N1CCC[C@H]1C(=O)O. The number of likely N-dealkylation sites (tertiary alicyclic amines) is 1. The highest BCUT2D eigenvalue weighted by Crippen LogP contribution is 2.19. The highest BCUT2D eigenvalue weighted by Gasteiger charge is 2.39. The Balaban J connectivity index is 2.91. The van der Waals surface area contributed by atoms with E-state index in [0.29, 0.717) is 12.8 Å². The monoisotopic (exact) mass is 646 g/mol. The van der Waals surface area contributed by atoms with Crippen LogP contribution in [0.3, 0.4) is 0 Å². The molecule has 0 aromatic carbocycles. The van der Waals surface area contributed by atoms with Crippen molar-refractivity contribution in [1.29, 1.82) is 0 Å². The number of carbonyl (C=O) groups excluding carboxylic acids is 5. The van der Waals surface area contributed by atoms with Crippen molar-refractivity contribution in [1.82, 2.24) is 26.2 Å². The normalized spacial score (nSPS) is 18.5. The summed E-state index contributed by atoms with van der Waals surface area (Å²) >= 11 is 4.09. The molecule has 44 heavy (non-hydrogen) atoms. The number of rotatable bonds is 18. The number of amides is 5. The van der Waals surface area contributed by atoms with Crippen LogP contribution in [0.15, 0.2) is 0 Å². The Morgan fingerprint density at radius 1 is 0.864 bits per heavy atom. The molecule has 1 aliphatic rings. The van der Waals surface area contributed by atoms with E-state index < -0.39 is 96.0 Å². The standard InChI is InChI=1S/C26H42N6O11S/c1-4-12(2)20(31-22(38)14(27)7-8-18(33)34)24(40)30-16(11-44)23(39)28-13(3)21(37)29-15(10-19(35)36)25(41)32-9-5-6-17(32)26(42)43/h12-17,20,44H,4-11,27H2,1-3H3,(H,28,39)(H,29,37)(H,30,40)(H,31,38)(H,33,34)(H,35,36)(H,42,43)/t12-,13-,14-,15-,16-,17-,20-/m0/s1. The third-order valence-corrected chi connectivity index (χ3v) is 7.55. The maximum absolute atomic E-state index is 13.1. The van der Waals surface area contributed by atoms with Gasteiger partial charge < -0.3 is 47.2 Å². The van der Waals surface area contributed by atoms with Gasteiger partial charge in [-0.2, -0.15) is 12.6 Å². The van der Waals surface area contributed by atoms with Crippen molar-refractivity contribution < 1.29 is 53.7 Å². The summed E-state index contributed by atoms with van der Waals surface area (Å²) in [5.41, 5.74) is 5.75. The van der Waals surface area contributed by atoms with Gasteiger partial charge in [0, 0.05) is 18.7 Å². The zero-order valence-electron chi connectivity index (χ0n) is 24.8. The number of hydrogen-bond donors (Lipinski definition) is 9. The lowest BCUT2D eigenvalue weighted by Crippen LogP contribution is -2.60. The Morgan fingerprint density at radius 3 is 2.00 bits per heavy atom. The molecule has 0 aromatic rings. The Morgan fingerprint density at radius 2 is 1.48 bits per heavy atom. The molecule has 0 unspecified atom stereocenters. The van der Waals surface area contributed by atoms with Gasteiger partial charge in [-0.1, -0.05) is 20.3 Å². The molecule has 1 heterocycles. The largest absolute Gasteiger partial charge is 0.481 e. The summed E-state index contributed by atoms with van der Waals surface area (Å²) in [6, 6.07) is -7.69. The molecule has 1 aliphatic heterocycles. The number of thiol groups is 1. The average molecular weight is 647 g/mol. The Bertz CT molecular complexity index is 1110. The van der Waals surface area contributed by atoms with Crippen LogP contribution in [0.1, 0.15) is 59.3 Å². The van der Waals surface area contributed by atoms with Crippen molar-refractivity contribution >= 4 is 60.1 Å². The summed E-state index contributed by atoms with van der Waals surface area (Å²) in [7, 11) is 0. The number of carbonyl (C=O) groups is 8. The minimum atomic E-state index is -1.60. The minimum absolute atomic E-state index is 0.0732. The van der Waals surface area contributed by atoms with Gasteiger partial charge in [-0.25, -0.2) is 4.79 Å². The highest BCUT2D eigenvalue weighted by molar-refractivity contribution is 7.80. The van der Waals surface area contributed by atoms with E-state index >= 15 is 0 Å². The minimum Gasteiger partial charge on any atom is -0.481 e. The van der Waals surface area contributed by atoms with Crippen molar-refractivity contribution in [2.75, 3.05) is 12.3 Å². The van der Waals surface area contributed by atoms with Gasteiger partial charge in [-0.15, -0.1) is 0 Å². The second-order valence-electron chi connectivity index (χ2n) is 10.6. The summed E-state index contributed by atoms with van der Waals surface area (Å²) in [6.45, 7) is 4.76. The maximum Gasteiger partial charge on any atom is 0.326 e. The quantitative estimate of drug-likeness (QED) is 0.0709. The third kappa shape index (κ3) is 11.6. The van der Waals surface area contributed by atoms with Gasteiger partial charge in [0.05, 0.1) is 12.5 Å². The third-order valence-electron chi connectivity index (χ3n) is 7.18. The first-order valence-corrected chi connectivity index (χ1v) is 14.7. The fourth-order valence-corrected chi connectivity index (χ4v) is 4.62. The summed E-state index contributed by atoms with van der Waals surface area (Å²) in [5, 5.41) is 37.0. The highest BCUT2D eigenvalue weighted by atomic mass is 32.1. The van der Waals surface area contributed by atoms with E-state index in [9.17, 15) is 48.6 Å². The molecule has 0 saturated carbocycles. The van der Waals surface area contributed by atoms with E-state index in [1.807, 2.05) is 0 Å². The van der Waals surface area contributed by atoms with E-state index in [-0.39, 0.29) is 31.6 Å². The fraction of sp³-hybridized carbons (Fsp3) is 0.692. The van der Waals surface area contributed by atoms with Crippen LogP contribution in [0.25, 0.3) is 0 Å². The Hall–Kier alpha value is -3.93. The van der Waals surface area contributed by atoms with Crippen molar-refractivity contribution in [3.05, 3.63) is 0 Å². The van der Waals surface area contributed by atoms with E-state index in [1.54, 1.807) is 13.8 Å². The van der Waals surface area contributed by atoms with Crippen molar-refractivity contribution in [3.63, 3.8) is 0 Å². The predicted molar refractivity (Wildman–Crippen MR) is 156 cm³/mol. The van der Waals surface area contributed by atoms with Gasteiger partial charge in [-0.05, 0) is 32.1 Å². The second-order valence-corrected chi connectivity index (χ2v) is 10.9. The molecule has 0 spiro atoms.